The average Bonchev–Trinajstić information content (AvgIpc) is 2.87. The zero-order chi connectivity index (χ0) is 16.8. The van der Waals surface area contributed by atoms with Crippen LogP contribution >= 0.6 is 0 Å². The summed E-state index contributed by atoms with van der Waals surface area (Å²) in [7, 11) is 0. The Balaban J connectivity index is 1.72. The molecule has 1 rings (SSSR count). The molecule has 0 unspecified atom stereocenters. The predicted molar refractivity (Wildman–Crippen MR) is 96.8 cm³/mol. The third-order valence-electron chi connectivity index (χ3n) is 4.51. The van der Waals surface area contributed by atoms with Crippen LogP contribution in [0.4, 0.5) is 0 Å². The first-order chi connectivity index (χ1) is 11.1. The van der Waals surface area contributed by atoms with Crippen molar-refractivity contribution in [2.45, 2.75) is 110 Å². The van der Waals surface area contributed by atoms with E-state index < -0.39 is 5.79 Å². The van der Waals surface area contributed by atoms with Crippen LogP contribution in [0.25, 0.3) is 0 Å². The maximum Gasteiger partial charge on any atom is 0.163 e. The predicted octanol–water partition coefficient (Wildman–Crippen LogP) is 5.86. The molecule has 1 aliphatic rings. The molecule has 0 spiro atoms. The van der Waals surface area contributed by atoms with Crippen molar-refractivity contribution in [2.24, 2.45) is 0 Å². The molecule has 1 fully saturated rings. The van der Waals surface area contributed by atoms with E-state index in [9.17, 15) is 0 Å². The van der Waals surface area contributed by atoms with Gasteiger partial charge >= 0.3 is 0 Å². The van der Waals surface area contributed by atoms with Crippen molar-refractivity contribution >= 4 is 0 Å². The molecule has 0 bridgehead atoms. The number of hydrogen-bond donors (Lipinski definition) is 0. The lowest BCUT2D eigenvalue weighted by Crippen LogP contribution is -2.24. The van der Waals surface area contributed by atoms with Crippen molar-refractivity contribution in [1.29, 1.82) is 0 Å². The van der Waals surface area contributed by atoms with Crippen molar-refractivity contribution in [3.63, 3.8) is 0 Å². The highest BCUT2D eigenvalue weighted by atomic mass is 16.7. The summed E-state index contributed by atoms with van der Waals surface area (Å²) in [5.41, 5.74) is 0. The first-order valence-corrected chi connectivity index (χ1v) is 10.0. The van der Waals surface area contributed by atoms with Gasteiger partial charge in [-0.25, -0.2) is 0 Å². The van der Waals surface area contributed by atoms with Crippen LogP contribution in [-0.4, -0.2) is 31.7 Å². The molecule has 0 radical (unpaired) electrons. The SMILES string of the molecule is CCCCCCCCCCCCCCOC[C@H]1COC(C)(C)O1. The Hall–Kier alpha value is -0.120. The monoisotopic (exact) mass is 328 g/mol. The fraction of sp³-hybridized carbons (Fsp3) is 1.00. The van der Waals surface area contributed by atoms with Crippen LogP contribution < -0.4 is 0 Å². The maximum absolute atomic E-state index is 5.71. The van der Waals surface area contributed by atoms with Crippen LogP contribution in [0.15, 0.2) is 0 Å². The quantitative estimate of drug-likeness (QED) is 0.353. The molecule has 0 amide bonds. The Morgan fingerprint density at radius 3 is 1.83 bits per heavy atom. The molecule has 1 saturated heterocycles. The first-order valence-electron chi connectivity index (χ1n) is 10.0. The van der Waals surface area contributed by atoms with Crippen LogP contribution in [0.5, 0.6) is 0 Å². The lowest BCUT2D eigenvalue weighted by Gasteiger charge is -2.17. The maximum atomic E-state index is 5.71. The molecule has 0 aromatic heterocycles. The van der Waals surface area contributed by atoms with Crippen LogP contribution in [0.2, 0.25) is 0 Å². The van der Waals surface area contributed by atoms with Crippen molar-refractivity contribution in [2.75, 3.05) is 19.8 Å². The van der Waals surface area contributed by atoms with Crippen molar-refractivity contribution < 1.29 is 14.2 Å². The Kier molecular flexibility index (Phi) is 12.0. The molecule has 1 aliphatic heterocycles. The summed E-state index contributed by atoms with van der Waals surface area (Å²) >= 11 is 0. The Morgan fingerprint density at radius 1 is 0.826 bits per heavy atom. The van der Waals surface area contributed by atoms with E-state index in [4.69, 9.17) is 14.2 Å². The van der Waals surface area contributed by atoms with Gasteiger partial charge in [-0.1, -0.05) is 77.6 Å². The minimum absolute atomic E-state index is 0.113. The van der Waals surface area contributed by atoms with Gasteiger partial charge in [0.25, 0.3) is 0 Å². The highest BCUT2D eigenvalue weighted by molar-refractivity contribution is 4.70. The number of ether oxygens (including phenoxy) is 3. The second-order valence-corrected chi connectivity index (χ2v) is 7.41. The first kappa shape index (κ1) is 20.9. The van der Waals surface area contributed by atoms with Gasteiger partial charge in [-0.3, -0.25) is 0 Å². The van der Waals surface area contributed by atoms with E-state index in [2.05, 4.69) is 6.92 Å². The molecule has 1 heterocycles. The molecule has 3 nitrogen and oxygen atoms in total. The normalized spacial score (nSPS) is 20.2. The second-order valence-electron chi connectivity index (χ2n) is 7.41. The lowest BCUT2D eigenvalue weighted by atomic mass is 10.1. The van der Waals surface area contributed by atoms with Gasteiger partial charge in [0.1, 0.15) is 6.10 Å². The second kappa shape index (κ2) is 13.2. The average molecular weight is 329 g/mol. The van der Waals surface area contributed by atoms with Crippen LogP contribution in [-0.2, 0) is 14.2 Å². The van der Waals surface area contributed by atoms with E-state index in [1.165, 1.54) is 77.0 Å². The molecular formula is C20H40O3. The minimum atomic E-state index is -0.427. The fourth-order valence-corrected chi connectivity index (χ4v) is 3.11. The largest absolute Gasteiger partial charge is 0.379 e. The molecule has 0 N–H and O–H groups in total. The summed E-state index contributed by atoms with van der Waals surface area (Å²) in [6, 6.07) is 0. The smallest absolute Gasteiger partial charge is 0.163 e. The van der Waals surface area contributed by atoms with Gasteiger partial charge in [0, 0.05) is 6.61 Å². The summed E-state index contributed by atoms with van der Waals surface area (Å²) in [6.45, 7) is 8.38. The van der Waals surface area contributed by atoms with Crippen molar-refractivity contribution in [3.8, 4) is 0 Å². The molecular weight excluding hydrogens is 288 g/mol. The molecule has 1 atom stereocenters. The summed E-state index contributed by atoms with van der Waals surface area (Å²) in [5.74, 6) is -0.427. The molecule has 23 heavy (non-hydrogen) atoms. The van der Waals surface area contributed by atoms with Crippen LogP contribution in [0.3, 0.4) is 0 Å². The van der Waals surface area contributed by atoms with Crippen molar-refractivity contribution in [3.05, 3.63) is 0 Å². The molecule has 138 valence electrons. The number of hydrogen-bond acceptors (Lipinski definition) is 3. The van der Waals surface area contributed by atoms with Gasteiger partial charge in [0.15, 0.2) is 5.79 Å². The Morgan fingerprint density at radius 2 is 1.35 bits per heavy atom. The van der Waals surface area contributed by atoms with Gasteiger partial charge in [0.05, 0.1) is 13.2 Å². The van der Waals surface area contributed by atoms with E-state index in [0.29, 0.717) is 13.2 Å². The fourth-order valence-electron chi connectivity index (χ4n) is 3.11. The molecule has 0 aromatic rings. The van der Waals surface area contributed by atoms with E-state index in [1.54, 1.807) is 0 Å². The van der Waals surface area contributed by atoms with E-state index in [-0.39, 0.29) is 6.10 Å². The van der Waals surface area contributed by atoms with Gasteiger partial charge < -0.3 is 14.2 Å². The Bertz CT molecular complexity index is 266. The third kappa shape index (κ3) is 12.0. The third-order valence-corrected chi connectivity index (χ3v) is 4.51. The van der Waals surface area contributed by atoms with Gasteiger partial charge in [0.2, 0.25) is 0 Å². The van der Waals surface area contributed by atoms with Gasteiger partial charge in [-0.15, -0.1) is 0 Å². The highest BCUT2D eigenvalue weighted by Gasteiger charge is 2.32. The minimum Gasteiger partial charge on any atom is -0.379 e. The van der Waals surface area contributed by atoms with Gasteiger partial charge in [-0.05, 0) is 20.3 Å². The zero-order valence-corrected chi connectivity index (χ0v) is 15.9. The summed E-state index contributed by atoms with van der Waals surface area (Å²) in [5, 5.41) is 0. The molecule has 0 aliphatic carbocycles. The summed E-state index contributed by atoms with van der Waals surface area (Å²) in [4.78, 5) is 0. The highest BCUT2D eigenvalue weighted by Crippen LogP contribution is 2.22. The molecule has 3 heteroatoms. The number of unbranched alkanes of at least 4 members (excludes halogenated alkanes) is 11. The van der Waals surface area contributed by atoms with E-state index in [0.717, 1.165) is 6.61 Å². The topological polar surface area (TPSA) is 27.7 Å². The van der Waals surface area contributed by atoms with Gasteiger partial charge in [-0.2, -0.15) is 0 Å². The van der Waals surface area contributed by atoms with Crippen LogP contribution in [0.1, 0.15) is 97.8 Å². The van der Waals surface area contributed by atoms with Crippen molar-refractivity contribution in [1.82, 2.24) is 0 Å². The molecule has 0 aromatic carbocycles. The Labute approximate surface area is 144 Å². The van der Waals surface area contributed by atoms with E-state index >= 15 is 0 Å². The summed E-state index contributed by atoms with van der Waals surface area (Å²) < 4.78 is 16.9. The molecule has 0 saturated carbocycles. The number of rotatable bonds is 15. The summed E-state index contributed by atoms with van der Waals surface area (Å²) in [6.07, 6.45) is 16.7. The van der Waals surface area contributed by atoms with E-state index in [1.807, 2.05) is 13.8 Å². The zero-order valence-electron chi connectivity index (χ0n) is 15.9. The lowest BCUT2D eigenvalue weighted by molar-refractivity contribution is -0.145. The van der Waals surface area contributed by atoms with Crippen LogP contribution in [0, 0.1) is 0 Å². The standard InChI is InChI=1S/C20H40O3/c1-4-5-6-7-8-9-10-11-12-13-14-15-16-21-17-19-18-22-20(2,3)23-19/h19H,4-18H2,1-3H3/t19-/m0/s1.